The number of nitrogens with one attached hydrogen (secondary N) is 1. The average Bonchev–Trinajstić information content (AvgIpc) is 2.90. The van der Waals surface area contributed by atoms with Gasteiger partial charge in [0.25, 0.3) is 11.5 Å². The Hall–Kier alpha value is -3.89. The van der Waals surface area contributed by atoms with Gasteiger partial charge < -0.3 is 5.32 Å². The number of sulfonamides is 1. The standard InChI is InChI=1S/C26H27N5O4S/c1-3-30(4-2)36(34,35)21-14-12-19(13-15-21)25(32)28-17-24-22-10-5-6-11-23(22)26(33)31(29-24)18-20-9-7-8-16-27-20/h5-16H,3-4,17-18H2,1-2H3,(H,28,32). The van der Waals surface area contributed by atoms with Crippen molar-refractivity contribution in [2.24, 2.45) is 0 Å². The van der Waals surface area contributed by atoms with Crippen molar-refractivity contribution in [1.29, 1.82) is 0 Å². The van der Waals surface area contributed by atoms with Crippen molar-refractivity contribution in [1.82, 2.24) is 24.4 Å². The molecule has 0 aliphatic carbocycles. The van der Waals surface area contributed by atoms with E-state index >= 15 is 0 Å². The molecule has 36 heavy (non-hydrogen) atoms. The second kappa shape index (κ2) is 10.8. The molecule has 1 amide bonds. The molecule has 0 aliphatic rings. The van der Waals surface area contributed by atoms with E-state index < -0.39 is 10.0 Å². The lowest BCUT2D eigenvalue weighted by Crippen LogP contribution is -2.31. The van der Waals surface area contributed by atoms with Crippen molar-refractivity contribution in [2.75, 3.05) is 13.1 Å². The number of carbonyl (C=O) groups excluding carboxylic acids is 1. The van der Waals surface area contributed by atoms with Gasteiger partial charge in [0.1, 0.15) is 0 Å². The van der Waals surface area contributed by atoms with Crippen molar-refractivity contribution >= 4 is 26.7 Å². The highest BCUT2D eigenvalue weighted by Gasteiger charge is 2.22. The van der Waals surface area contributed by atoms with Crippen molar-refractivity contribution in [3.8, 4) is 0 Å². The minimum atomic E-state index is -3.60. The molecule has 0 bridgehead atoms. The van der Waals surface area contributed by atoms with Crippen LogP contribution in [0.4, 0.5) is 0 Å². The Labute approximate surface area is 209 Å². The summed E-state index contributed by atoms with van der Waals surface area (Å²) in [6.07, 6.45) is 1.65. The molecule has 0 unspecified atom stereocenters. The van der Waals surface area contributed by atoms with E-state index in [1.807, 2.05) is 18.2 Å². The van der Waals surface area contributed by atoms with E-state index in [4.69, 9.17) is 0 Å². The lowest BCUT2D eigenvalue weighted by molar-refractivity contribution is 0.0950. The van der Waals surface area contributed by atoms with E-state index in [0.29, 0.717) is 40.8 Å². The molecule has 4 rings (SSSR count). The molecular formula is C26H27N5O4S. The number of benzene rings is 2. The Morgan fingerprint density at radius 2 is 1.61 bits per heavy atom. The molecule has 1 N–H and O–H groups in total. The number of aromatic nitrogens is 3. The van der Waals surface area contributed by atoms with Gasteiger partial charge in [-0.1, -0.05) is 38.1 Å². The van der Waals surface area contributed by atoms with E-state index in [-0.39, 0.29) is 29.5 Å². The largest absolute Gasteiger partial charge is 0.346 e. The van der Waals surface area contributed by atoms with Crippen LogP contribution >= 0.6 is 0 Å². The van der Waals surface area contributed by atoms with Gasteiger partial charge in [0.15, 0.2) is 0 Å². The zero-order valence-corrected chi connectivity index (χ0v) is 20.9. The molecule has 0 radical (unpaired) electrons. The molecule has 0 aliphatic heterocycles. The summed E-state index contributed by atoms with van der Waals surface area (Å²) in [6, 6.07) is 18.4. The first-order valence-corrected chi connectivity index (χ1v) is 13.1. The van der Waals surface area contributed by atoms with Crippen molar-refractivity contribution in [2.45, 2.75) is 31.8 Å². The molecule has 9 nitrogen and oxygen atoms in total. The quantitative estimate of drug-likeness (QED) is 0.374. The minimum Gasteiger partial charge on any atom is -0.346 e. The molecule has 10 heteroatoms. The van der Waals surface area contributed by atoms with Crippen LogP contribution in [0.15, 0.2) is 82.6 Å². The number of hydrogen-bond donors (Lipinski definition) is 1. The molecule has 0 spiro atoms. The van der Waals surface area contributed by atoms with Crippen LogP contribution in [0.3, 0.4) is 0 Å². The minimum absolute atomic E-state index is 0.0847. The molecule has 0 saturated heterocycles. The van der Waals surface area contributed by atoms with Gasteiger partial charge in [-0.05, 0) is 42.5 Å². The Bertz CT molecular complexity index is 1530. The zero-order valence-electron chi connectivity index (χ0n) is 20.1. The Balaban J connectivity index is 1.56. The maximum absolute atomic E-state index is 13.0. The molecule has 2 aromatic carbocycles. The van der Waals surface area contributed by atoms with Gasteiger partial charge in [-0.25, -0.2) is 13.1 Å². The van der Waals surface area contributed by atoms with Gasteiger partial charge in [0.2, 0.25) is 10.0 Å². The third kappa shape index (κ3) is 5.19. The topological polar surface area (TPSA) is 114 Å². The third-order valence-corrected chi connectivity index (χ3v) is 7.92. The molecule has 0 saturated carbocycles. The van der Waals surface area contributed by atoms with Crippen LogP contribution in [-0.4, -0.2) is 46.5 Å². The average molecular weight is 506 g/mol. The van der Waals surface area contributed by atoms with E-state index in [1.54, 1.807) is 44.3 Å². The summed E-state index contributed by atoms with van der Waals surface area (Å²) in [7, 11) is -3.60. The monoisotopic (exact) mass is 505 g/mol. The van der Waals surface area contributed by atoms with Crippen LogP contribution in [0.25, 0.3) is 10.8 Å². The van der Waals surface area contributed by atoms with Gasteiger partial charge in [-0.2, -0.15) is 9.40 Å². The second-order valence-electron chi connectivity index (χ2n) is 8.07. The summed E-state index contributed by atoms with van der Waals surface area (Å²) in [5.74, 6) is -0.379. The molecule has 186 valence electrons. The normalized spacial score (nSPS) is 11.6. The highest BCUT2D eigenvalue weighted by atomic mass is 32.2. The predicted octanol–water partition coefficient (Wildman–Crippen LogP) is 2.80. The maximum Gasteiger partial charge on any atom is 0.275 e. The van der Waals surface area contributed by atoms with E-state index in [0.717, 1.165) is 0 Å². The Morgan fingerprint density at radius 3 is 2.25 bits per heavy atom. The van der Waals surface area contributed by atoms with Crippen molar-refractivity contribution < 1.29 is 13.2 Å². The van der Waals surface area contributed by atoms with Crippen LogP contribution in [0.1, 0.15) is 35.6 Å². The molecule has 2 heterocycles. The summed E-state index contributed by atoms with van der Waals surface area (Å²) in [5, 5.41) is 8.49. The van der Waals surface area contributed by atoms with Crippen LogP contribution < -0.4 is 10.9 Å². The summed E-state index contributed by atoms with van der Waals surface area (Å²) in [5.41, 5.74) is 1.31. The fourth-order valence-electron chi connectivity index (χ4n) is 3.95. The van der Waals surface area contributed by atoms with Gasteiger partial charge in [-0.15, -0.1) is 0 Å². The second-order valence-corrected chi connectivity index (χ2v) is 10.0. The first-order valence-electron chi connectivity index (χ1n) is 11.6. The number of carbonyl (C=O) groups is 1. The van der Waals surface area contributed by atoms with Crippen LogP contribution in [0.5, 0.6) is 0 Å². The summed E-state index contributed by atoms with van der Waals surface area (Å²) >= 11 is 0. The maximum atomic E-state index is 13.0. The predicted molar refractivity (Wildman–Crippen MR) is 137 cm³/mol. The van der Waals surface area contributed by atoms with Gasteiger partial charge in [0.05, 0.1) is 34.8 Å². The number of amides is 1. The van der Waals surface area contributed by atoms with E-state index in [2.05, 4.69) is 15.4 Å². The van der Waals surface area contributed by atoms with E-state index in [1.165, 1.54) is 33.3 Å². The Kier molecular flexibility index (Phi) is 7.56. The van der Waals surface area contributed by atoms with Crippen LogP contribution in [-0.2, 0) is 23.1 Å². The summed E-state index contributed by atoms with van der Waals surface area (Å²) in [6.45, 7) is 4.57. The number of fused-ring (bicyclic) bond motifs is 1. The molecule has 0 fully saturated rings. The SMILES string of the molecule is CCN(CC)S(=O)(=O)c1ccc(C(=O)NCc2nn(Cc3ccccn3)c(=O)c3ccccc23)cc1. The summed E-state index contributed by atoms with van der Waals surface area (Å²) in [4.78, 5) is 30.2. The van der Waals surface area contributed by atoms with E-state index in [9.17, 15) is 18.0 Å². The highest BCUT2D eigenvalue weighted by molar-refractivity contribution is 7.89. The fraction of sp³-hybridized carbons (Fsp3) is 0.231. The smallest absolute Gasteiger partial charge is 0.275 e. The zero-order chi connectivity index (χ0) is 25.7. The van der Waals surface area contributed by atoms with Crippen molar-refractivity contribution in [3.05, 3.63) is 100 Å². The van der Waals surface area contributed by atoms with Crippen molar-refractivity contribution in [3.63, 3.8) is 0 Å². The number of nitrogens with zero attached hydrogens (tertiary/aromatic N) is 4. The van der Waals surface area contributed by atoms with Crippen LogP contribution in [0, 0.1) is 0 Å². The Morgan fingerprint density at radius 1 is 0.944 bits per heavy atom. The molecule has 2 aromatic heterocycles. The number of hydrogen-bond acceptors (Lipinski definition) is 6. The highest BCUT2D eigenvalue weighted by Crippen LogP contribution is 2.17. The van der Waals surface area contributed by atoms with Gasteiger partial charge in [-0.3, -0.25) is 14.6 Å². The summed E-state index contributed by atoms with van der Waals surface area (Å²) < 4.78 is 28.1. The molecular weight excluding hydrogens is 478 g/mol. The van der Waals surface area contributed by atoms with Crippen LogP contribution in [0.2, 0.25) is 0 Å². The molecule has 4 aromatic rings. The fourth-order valence-corrected chi connectivity index (χ4v) is 5.40. The number of rotatable bonds is 9. The number of pyridine rings is 1. The molecule has 0 atom stereocenters. The lowest BCUT2D eigenvalue weighted by atomic mass is 10.1. The van der Waals surface area contributed by atoms with Gasteiger partial charge >= 0.3 is 0 Å². The lowest BCUT2D eigenvalue weighted by Gasteiger charge is -2.18. The first-order chi connectivity index (χ1) is 17.3. The first kappa shape index (κ1) is 25.2. The van der Waals surface area contributed by atoms with Gasteiger partial charge in [0, 0.05) is 30.2 Å². The third-order valence-electron chi connectivity index (χ3n) is 5.86.